The molecule has 3 rings (SSSR count). The molecule has 0 saturated heterocycles. The number of carbonyl (C=O) groups is 3. The summed E-state index contributed by atoms with van der Waals surface area (Å²) in [7, 11) is 1.52. The van der Waals surface area contributed by atoms with Gasteiger partial charge in [-0.1, -0.05) is 48.5 Å². The first-order valence-electron chi connectivity index (χ1n) is 9.82. The van der Waals surface area contributed by atoms with E-state index in [9.17, 15) is 14.4 Å². The quantitative estimate of drug-likeness (QED) is 0.620. The number of carbonyl (C=O) groups excluding carboxylic acids is 3. The van der Waals surface area contributed by atoms with E-state index in [4.69, 9.17) is 0 Å². The zero-order chi connectivity index (χ0) is 22.2. The van der Waals surface area contributed by atoms with Crippen LogP contribution in [0.2, 0.25) is 0 Å². The van der Waals surface area contributed by atoms with Crippen molar-refractivity contribution in [2.24, 2.45) is 0 Å². The first kappa shape index (κ1) is 21.7. The molecule has 2 N–H and O–H groups in total. The highest BCUT2D eigenvalue weighted by atomic mass is 16.2. The molecule has 0 aliphatic carbocycles. The minimum absolute atomic E-state index is 0.182. The van der Waals surface area contributed by atoms with Crippen LogP contribution in [0.1, 0.15) is 27.5 Å². The summed E-state index contributed by atoms with van der Waals surface area (Å²) in [4.78, 5) is 43.6. The Hall–Kier alpha value is -4.00. The second-order valence-electron chi connectivity index (χ2n) is 7.14. The van der Waals surface area contributed by atoms with Crippen molar-refractivity contribution in [2.45, 2.75) is 13.0 Å². The minimum atomic E-state index is -0.927. The fourth-order valence-corrected chi connectivity index (χ4v) is 3.04. The molecule has 0 fully saturated rings. The Morgan fingerprint density at radius 1 is 0.968 bits per heavy atom. The van der Waals surface area contributed by atoms with Gasteiger partial charge >= 0.3 is 0 Å². The number of hydrogen-bond acceptors (Lipinski definition) is 4. The summed E-state index contributed by atoms with van der Waals surface area (Å²) < 4.78 is 0. The lowest BCUT2D eigenvalue weighted by atomic mass is 10.0. The number of amides is 3. The third kappa shape index (κ3) is 5.99. The lowest BCUT2D eigenvalue weighted by molar-refractivity contribution is -0.135. The van der Waals surface area contributed by atoms with Gasteiger partial charge in [0.15, 0.2) is 0 Å². The molecule has 7 heteroatoms. The van der Waals surface area contributed by atoms with E-state index in [1.165, 1.54) is 11.9 Å². The summed E-state index contributed by atoms with van der Waals surface area (Å²) in [6.45, 7) is 1.71. The zero-order valence-electron chi connectivity index (χ0n) is 17.4. The fraction of sp³-hybridized carbons (Fsp3) is 0.167. The Balaban J connectivity index is 1.72. The van der Waals surface area contributed by atoms with Crippen LogP contribution in [0.4, 0.5) is 5.82 Å². The van der Waals surface area contributed by atoms with Gasteiger partial charge in [0.1, 0.15) is 11.9 Å². The summed E-state index contributed by atoms with van der Waals surface area (Å²) in [6, 6.07) is 20.2. The van der Waals surface area contributed by atoms with Gasteiger partial charge in [0.2, 0.25) is 11.8 Å². The van der Waals surface area contributed by atoms with Gasteiger partial charge in [-0.2, -0.15) is 0 Å². The van der Waals surface area contributed by atoms with E-state index in [-0.39, 0.29) is 18.4 Å². The van der Waals surface area contributed by atoms with Gasteiger partial charge in [-0.3, -0.25) is 14.4 Å². The lowest BCUT2D eigenvalue weighted by Crippen LogP contribution is -2.44. The maximum atomic E-state index is 13.2. The number of aryl methyl sites for hydroxylation is 1. The van der Waals surface area contributed by atoms with Crippen LogP contribution < -0.4 is 10.6 Å². The Morgan fingerprint density at radius 2 is 1.61 bits per heavy atom. The first-order chi connectivity index (χ1) is 14.9. The second-order valence-corrected chi connectivity index (χ2v) is 7.14. The average molecular weight is 416 g/mol. The van der Waals surface area contributed by atoms with Crippen molar-refractivity contribution in [2.75, 3.05) is 18.9 Å². The van der Waals surface area contributed by atoms with E-state index in [0.29, 0.717) is 16.9 Å². The Kier molecular flexibility index (Phi) is 7.11. The van der Waals surface area contributed by atoms with Gasteiger partial charge in [-0.25, -0.2) is 4.98 Å². The minimum Gasteiger partial charge on any atom is -0.336 e. The van der Waals surface area contributed by atoms with E-state index in [1.807, 2.05) is 25.1 Å². The maximum absolute atomic E-state index is 13.2. The number of likely N-dealkylation sites (N-methyl/N-ethyl adjacent to an activating group) is 1. The molecule has 1 aromatic heterocycles. The van der Waals surface area contributed by atoms with Gasteiger partial charge in [0.05, 0.1) is 6.54 Å². The third-order valence-electron chi connectivity index (χ3n) is 4.63. The highest BCUT2D eigenvalue weighted by molar-refractivity contribution is 5.99. The summed E-state index contributed by atoms with van der Waals surface area (Å²) in [5.74, 6) is -0.731. The van der Waals surface area contributed by atoms with E-state index >= 15 is 0 Å². The number of hydrogen-bond donors (Lipinski definition) is 2. The molecule has 0 spiro atoms. The molecule has 3 aromatic rings. The molecule has 0 aliphatic rings. The molecule has 3 amide bonds. The molecular weight excluding hydrogens is 392 g/mol. The standard InChI is InChI=1S/C24H24N4O3/c1-17-13-14-25-20(15-17)26-21(29)16-28(2)24(31)22(18-9-5-3-6-10-18)27-23(30)19-11-7-4-8-12-19/h3-15,22H,16H2,1-2H3,(H,27,30)(H,25,26,29). The number of anilines is 1. The molecule has 0 aliphatic heterocycles. The molecule has 158 valence electrons. The zero-order valence-corrected chi connectivity index (χ0v) is 17.4. The number of nitrogens with one attached hydrogen (secondary N) is 2. The van der Waals surface area contributed by atoms with E-state index in [2.05, 4.69) is 15.6 Å². The number of pyridine rings is 1. The number of nitrogens with zero attached hydrogens (tertiary/aromatic N) is 2. The summed E-state index contributed by atoms with van der Waals surface area (Å²) in [5.41, 5.74) is 2.04. The van der Waals surface area contributed by atoms with Gasteiger partial charge in [0, 0.05) is 18.8 Å². The average Bonchev–Trinajstić information content (AvgIpc) is 2.78. The van der Waals surface area contributed by atoms with Crippen LogP contribution >= 0.6 is 0 Å². The molecule has 1 atom stereocenters. The molecule has 0 saturated carbocycles. The topological polar surface area (TPSA) is 91.4 Å². The largest absolute Gasteiger partial charge is 0.336 e. The maximum Gasteiger partial charge on any atom is 0.252 e. The predicted octanol–water partition coefficient (Wildman–Crippen LogP) is 2.96. The first-order valence-corrected chi connectivity index (χ1v) is 9.82. The van der Waals surface area contributed by atoms with Crippen LogP contribution in [0.25, 0.3) is 0 Å². The van der Waals surface area contributed by atoms with Crippen LogP contribution in [0, 0.1) is 6.92 Å². The third-order valence-corrected chi connectivity index (χ3v) is 4.63. The van der Waals surface area contributed by atoms with E-state index < -0.39 is 11.9 Å². The molecular formula is C24H24N4O3. The molecule has 31 heavy (non-hydrogen) atoms. The highest BCUT2D eigenvalue weighted by Gasteiger charge is 2.27. The van der Waals surface area contributed by atoms with Crippen LogP contribution in [0.15, 0.2) is 79.0 Å². The fourth-order valence-electron chi connectivity index (χ4n) is 3.04. The van der Waals surface area contributed by atoms with Crippen molar-refractivity contribution >= 4 is 23.5 Å². The number of rotatable bonds is 7. The molecule has 7 nitrogen and oxygen atoms in total. The van der Waals surface area contributed by atoms with Crippen LogP contribution in [-0.2, 0) is 9.59 Å². The van der Waals surface area contributed by atoms with Crippen molar-refractivity contribution in [3.05, 3.63) is 95.7 Å². The monoisotopic (exact) mass is 416 g/mol. The van der Waals surface area contributed by atoms with Gasteiger partial charge in [-0.15, -0.1) is 0 Å². The van der Waals surface area contributed by atoms with Crippen LogP contribution in [0.5, 0.6) is 0 Å². The van der Waals surface area contributed by atoms with Crippen molar-refractivity contribution in [3.63, 3.8) is 0 Å². The summed E-state index contributed by atoms with van der Waals surface area (Å²) in [6.07, 6.45) is 1.60. The molecule has 1 unspecified atom stereocenters. The summed E-state index contributed by atoms with van der Waals surface area (Å²) >= 11 is 0. The Labute approximate surface area is 181 Å². The predicted molar refractivity (Wildman–Crippen MR) is 118 cm³/mol. The number of aromatic nitrogens is 1. The Morgan fingerprint density at radius 3 is 2.26 bits per heavy atom. The van der Waals surface area contributed by atoms with Crippen molar-refractivity contribution in [1.82, 2.24) is 15.2 Å². The van der Waals surface area contributed by atoms with Crippen molar-refractivity contribution in [1.29, 1.82) is 0 Å². The molecule has 0 bridgehead atoms. The van der Waals surface area contributed by atoms with Crippen molar-refractivity contribution in [3.8, 4) is 0 Å². The molecule has 1 heterocycles. The number of benzene rings is 2. The lowest BCUT2D eigenvalue weighted by Gasteiger charge is -2.24. The van der Waals surface area contributed by atoms with Crippen LogP contribution in [0.3, 0.4) is 0 Å². The molecule has 2 aromatic carbocycles. The van der Waals surface area contributed by atoms with E-state index in [1.54, 1.807) is 60.8 Å². The normalized spacial score (nSPS) is 11.3. The smallest absolute Gasteiger partial charge is 0.252 e. The highest BCUT2D eigenvalue weighted by Crippen LogP contribution is 2.17. The second kappa shape index (κ2) is 10.2. The van der Waals surface area contributed by atoms with Crippen LogP contribution in [-0.4, -0.2) is 41.2 Å². The SMILES string of the molecule is Cc1ccnc(NC(=O)CN(C)C(=O)C(NC(=O)c2ccccc2)c2ccccc2)c1. The van der Waals surface area contributed by atoms with Gasteiger partial charge in [-0.05, 0) is 42.3 Å². The summed E-state index contributed by atoms with van der Waals surface area (Å²) in [5, 5.41) is 5.47. The molecule has 0 radical (unpaired) electrons. The van der Waals surface area contributed by atoms with Gasteiger partial charge < -0.3 is 15.5 Å². The van der Waals surface area contributed by atoms with Gasteiger partial charge in [0.25, 0.3) is 5.91 Å². The Bertz CT molecular complexity index is 1050. The van der Waals surface area contributed by atoms with E-state index in [0.717, 1.165) is 5.56 Å². The van der Waals surface area contributed by atoms with Crippen molar-refractivity contribution < 1.29 is 14.4 Å².